The van der Waals surface area contributed by atoms with Crippen LogP contribution in [0.4, 0.5) is 4.79 Å². The van der Waals surface area contributed by atoms with Crippen molar-refractivity contribution in [1.29, 1.82) is 0 Å². The Morgan fingerprint density at radius 2 is 1.93 bits per heavy atom. The number of carbonyl (C=O) groups excluding carboxylic acids is 3. The van der Waals surface area contributed by atoms with Gasteiger partial charge < -0.3 is 15.4 Å². The summed E-state index contributed by atoms with van der Waals surface area (Å²) in [5.74, 6) is -0.431. The standard InChI is InChI=1S/C20H33N3O4/c1-15-8-5-6-11-20(15)18(25)23(19(26)22-20)14-17(24)21-12-7-13-27-16-9-3-2-4-10-16/h15-16H,2-14H2,1H3,(H,21,24)(H,22,26)/t15-,20+/m0/s1. The molecule has 3 rings (SSSR count). The summed E-state index contributed by atoms with van der Waals surface area (Å²) in [5.41, 5.74) is -0.802. The summed E-state index contributed by atoms with van der Waals surface area (Å²) in [6.45, 7) is 2.93. The fourth-order valence-electron chi connectivity index (χ4n) is 4.62. The van der Waals surface area contributed by atoms with Gasteiger partial charge in [0.05, 0.1) is 6.10 Å². The second-order valence-corrected chi connectivity index (χ2v) is 8.27. The van der Waals surface area contributed by atoms with Crippen LogP contribution in [0.15, 0.2) is 0 Å². The van der Waals surface area contributed by atoms with Crippen LogP contribution in [0.5, 0.6) is 0 Å². The van der Waals surface area contributed by atoms with Gasteiger partial charge in [0.15, 0.2) is 0 Å². The van der Waals surface area contributed by atoms with Gasteiger partial charge in [0.25, 0.3) is 5.91 Å². The topological polar surface area (TPSA) is 87.7 Å². The van der Waals surface area contributed by atoms with Gasteiger partial charge in [-0.1, -0.05) is 39.0 Å². The van der Waals surface area contributed by atoms with Crippen LogP contribution < -0.4 is 10.6 Å². The number of hydrogen-bond acceptors (Lipinski definition) is 4. The first kappa shape index (κ1) is 20.1. The number of nitrogens with one attached hydrogen (secondary N) is 2. The first-order chi connectivity index (χ1) is 13.0. The predicted molar refractivity (Wildman–Crippen MR) is 101 cm³/mol. The van der Waals surface area contributed by atoms with Crippen molar-refractivity contribution >= 4 is 17.8 Å². The number of rotatable bonds is 7. The van der Waals surface area contributed by atoms with E-state index < -0.39 is 11.6 Å². The third-order valence-corrected chi connectivity index (χ3v) is 6.35. The number of amides is 4. The molecule has 2 N–H and O–H groups in total. The van der Waals surface area contributed by atoms with Crippen molar-refractivity contribution < 1.29 is 19.1 Å². The maximum absolute atomic E-state index is 12.8. The van der Waals surface area contributed by atoms with Crippen LogP contribution in [0.2, 0.25) is 0 Å². The van der Waals surface area contributed by atoms with Crippen LogP contribution in [0.1, 0.15) is 71.1 Å². The van der Waals surface area contributed by atoms with Gasteiger partial charge in [0, 0.05) is 13.2 Å². The van der Waals surface area contributed by atoms with Gasteiger partial charge in [0.1, 0.15) is 12.1 Å². The fourth-order valence-corrected chi connectivity index (χ4v) is 4.62. The Hall–Kier alpha value is -1.63. The molecule has 0 bridgehead atoms. The largest absolute Gasteiger partial charge is 0.378 e. The molecular weight excluding hydrogens is 346 g/mol. The van der Waals surface area contributed by atoms with Gasteiger partial charge in [-0.3, -0.25) is 14.5 Å². The summed E-state index contributed by atoms with van der Waals surface area (Å²) < 4.78 is 5.84. The SMILES string of the molecule is C[C@H]1CCCC[C@@]12NC(=O)N(CC(=O)NCCCOC1CCCCC1)C2=O. The molecule has 3 fully saturated rings. The zero-order valence-corrected chi connectivity index (χ0v) is 16.4. The lowest BCUT2D eigenvalue weighted by Gasteiger charge is -2.36. The van der Waals surface area contributed by atoms with E-state index in [0.29, 0.717) is 25.7 Å². The van der Waals surface area contributed by atoms with Crippen LogP contribution in [-0.2, 0) is 14.3 Å². The lowest BCUT2D eigenvalue weighted by molar-refractivity contribution is -0.137. The number of imide groups is 1. The van der Waals surface area contributed by atoms with E-state index in [0.717, 1.165) is 43.4 Å². The van der Waals surface area contributed by atoms with E-state index >= 15 is 0 Å². The van der Waals surface area contributed by atoms with Gasteiger partial charge in [-0.05, 0) is 38.0 Å². The van der Waals surface area contributed by atoms with Gasteiger partial charge >= 0.3 is 6.03 Å². The minimum atomic E-state index is -0.802. The predicted octanol–water partition coefficient (Wildman–Crippen LogP) is 2.34. The average molecular weight is 380 g/mol. The van der Waals surface area contributed by atoms with Gasteiger partial charge in [-0.2, -0.15) is 0 Å². The van der Waals surface area contributed by atoms with Crippen LogP contribution >= 0.6 is 0 Å². The van der Waals surface area contributed by atoms with Crippen molar-refractivity contribution in [1.82, 2.24) is 15.5 Å². The Labute approximate surface area is 161 Å². The van der Waals surface area contributed by atoms with E-state index in [9.17, 15) is 14.4 Å². The molecule has 4 amide bonds. The molecule has 1 spiro atoms. The first-order valence-corrected chi connectivity index (χ1v) is 10.6. The number of urea groups is 1. The zero-order valence-electron chi connectivity index (χ0n) is 16.4. The van der Waals surface area contributed by atoms with E-state index in [2.05, 4.69) is 10.6 Å². The van der Waals surface area contributed by atoms with E-state index in [1.54, 1.807) is 0 Å². The molecule has 1 aliphatic heterocycles. The van der Waals surface area contributed by atoms with Crippen molar-refractivity contribution in [3.05, 3.63) is 0 Å². The van der Waals surface area contributed by atoms with Crippen LogP contribution in [0.3, 0.4) is 0 Å². The molecular formula is C20H33N3O4. The summed E-state index contributed by atoms with van der Waals surface area (Å²) in [6, 6.07) is -0.440. The molecule has 2 saturated carbocycles. The molecule has 152 valence electrons. The molecule has 2 aliphatic carbocycles. The minimum absolute atomic E-state index is 0.104. The van der Waals surface area contributed by atoms with Crippen LogP contribution in [-0.4, -0.2) is 54.1 Å². The molecule has 27 heavy (non-hydrogen) atoms. The molecule has 2 atom stereocenters. The fraction of sp³-hybridized carbons (Fsp3) is 0.850. The molecule has 7 nitrogen and oxygen atoms in total. The summed E-state index contributed by atoms with van der Waals surface area (Å²) in [5, 5.41) is 5.67. The Balaban J connectivity index is 1.38. The zero-order chi connectivity index (χ0) is 19.3. The minimum Gasteiger partial charge on any atom is -0.378 e. The highest BCUT2D eigenvalue weighted by atomic mass is 16.5. The third kappa shape index (κ3) is 4.62. The molecule has 1 heterocycles. The van der Waals surface area contributed by atoms with Crippen LogP contribution in [0.25, 0.3) is 0 Å². The number of carbonyl (C=O) groups is 3. The van der Waals surface area contributed by atoms with Crippen molar-refractivity contribution in [2.24, 2.45) is 5.92 Å². The van der Waals surface area contributed by atoms with Crippen molar-refractivity contribution in [3.8, 4) is 0 Å². The van der Waals surface area contributed by atoms with Gasteiger partial charge in [-0.25, -0.2) is 4.79 Å². The lowest BCUT2D eigenvalue weighted by atomic mass is 9.73. The second-order valence-electron chi connectivity index (χ2n) is 8.27. The number of nitrogens with zero attached hydrogens (tertiary/aromatic N) is 1. The van der Waals surface area contributed by atoms with Gasteiger partial charge in [0.2, 0.25) is 5.91 Å². The normalized spacial score (nSPS) is 29.2. The van der Waals surface area contributed by atoms with Crippen molar-refractivity contribution in [2.45, 2.75) is 82.8 Å². The maximum atomic E-state index is 12.8. The smallest absolute Gasteiger partial charge is 0.325 e. The third-order valence-electron chi connectivity index (χ3n) is 6.35. The summed E-state index contributed by atoms with van der Waals surface area (Å²) in [7, 11) is 0. The van der Waals surface area contributed by atoms with E-state index in [1.807, 2.05) is 6.92 Å². The summed E-state index contributed by atoms with van der Waals surface area (Å²) in [6.07, 6.45) is 10.8. The Bertz CT molecular complexity index is 561. The highest BCUT2D eigenvalue weighted by molar-refractivity contribution is 6.09. The van der Waals surface area contributed by atoms with E-state index in [-0.39, 0.29) is 24.3 Å². The van der Waals surface area contributed by atoms with Crippen molar-refractivity contribution in [3.63, 3.8) is 0 Å². The average Bonchev–Trinajstić information content (AvgIpc) is 2.90. The van der Waals surface area contributed by atoms with E-state index in [4.69, 9.17) is 4.74 Å². The lowest BCUT2D eigenvalue weighted by Crippen LogP contribution is -2.54. The van der Waals surface area contributed by atoms with Crippen LogP contribution in [0, 0.1) is 5.92 Å². The highest BCUT2D eigenvalue weighted by Gasteiger charge is 2.55. The van der Waals surface area contributed by atoms with Gasteiger partial charge in [-0.15, -0.1) is 0 Å². The maximum Gasteiger partial charge on any atom is 0.325 e. The number of hydrogen-bond donors (Lipinski definition) is 2. The van der Waals surface area contributed by atoms with E-state index in [1.165, 1.54) is 19.3 Å². The Kier molecular flexibility index (Phi) is 6.73. The molecule has 0 aromatic heterocycles. The molecule has 0 radical (unpaired) electrons. The molecule has 0 unspecified atom stereocenters. The Morgan fingerprint density at radius 3 is 2.67 bits per heavy atom. The summed E-state index contributed by atoms with van der Waals surface area (Å²) in [4.78, 5) is 38.4. The molecule has 7 heteroatoms. The monoisotopic (exact) mass is 379 g/mol. The first-order valence-electron chi connectivity index (χ1n) is 10.6. The highest BCUT2D eigenvalue weighted by Crippen LogP contribution is 2.38. The Morgan fingerprint density at radius 1 is 1.19 bits per heavy atom. The second kappa shape index (κ2) is 9.04. The molecule has 0 aromatic carbocycles. The van der Waals surface area contributed by atoms with Crippen molar-refractivity contribution in [2.75, 3.05) is 19.7 Å². The molecule has 0 aromatic rings. The quantitative estimate of drug-likeness (QED) is 0.525. The molecule has 3 aliphatic rings. The molecule has 1 saturated heterocycles. The number of ether oxygens (including phenoxy) is 1. The summed E-state index contributed by atoms with van der Waals surface area (Å²) >= 11 is 0.